The van der Waals surface area contributed by atoms with Crippen molar-refractivity contribution >= 4 is 40.4 Å². The fourth-order valence-corrected chi connectivity index (χ4v) is 5.01. The van der Waals surface area contributed by atoms with Crippen LogP contribution in [-0.2, 0) is 33.9 Å². The number of rotatable bonds is 9. The van der Waals surface area contributed by atoms with Crippen LogP contribution >= 0.6 is 11.6 Å². The van der Waals surface area contributed by atoms with Crippen LogP contribution < -0.4 is 10.6 Å². The Bertz CT molecular complexity index is 1330. The molecule has 2 atom stereocenters. The van der Waals surface area contributed by atoms with Crippen molar-refractivity contribution in [3.05, 3.63) is 40.4 Å². The van der Waals surface area contributed by atoms with Crippen LogP contribution in [0.5, 0.6) is 0 Å². The van der Waals surface area contributed by atoms with Gasteiger partial charge in [-0.3, -0.25) is 14.4 Å². The van der Waals surface area contributed by atoms with Gasteiger partial charge in [0, 0.05) is 38.0 Å². The van der Waals surface area contributed by atoms with Gasteiger partial charge in [0.25, 0.3) is 0 Å². The summed E-state index contributed by atoms with van der Waals surface area (Å²) in [5.41, 5.74) is 3.07. The van der Waals surface area contributed by atoms with Crippen molar-refractivity contribution in [2.45, 2.75) is 64.6 Å². The maximum absolute atomic E-state index is 13.5. The maximum atomic E-state index is 13.5. The van der Waals surface area contributed by atoms with Crippen LogP contribution in [0.1, 0.15) is 56.2 Å². The molecule has 0 radical (unpaired) electrons. The molecule has 0 saturated heterocycles. The number of benzene rings is 1. The number of aromatic amines is 1. The number of hydrogen-bond donors (Lipinski definition) is 3. The van der Waals surface area contributed by atoms with E-state index in [-0.39, 0.29) is 30.8 Å². The third kappa shape index (κ3) is 5.61. The quantitative estimate of drug-likeness (QED) is 0.389. The number of imidazole rings is 1. The lowest BCUT2D eigenvalue weighted by molar-refractivity contribution is -0.138. The molecular formula is C25H31ClN8O3. The number of aromatic nitrogens is 5. The van der Waals surface area contributed by atoms with Gasteiger partial charge < -0.3 is 20.5 Å². The molecule has 11 nitrogen and oxygen atoms in total. The highest BCUT2D eigenvalue weighted by molar-refractivity contribution is 6.31. The second-order valence-electron chi connectivity index (χ2n) is 9.87. The lowest BCUT2D eigenvalue weighted by atomic mass is 9.96. The largest absolute Gasteiger partial charge is 0.355 e. The van der Waals surface area contributed by atoms with Crippen LogP contribution in [0.2, 0.25) is 5.02 Å². The molecule has 2 aromatic heterocycles. The molecule has 0 spiro atoms. The minimum absolute atomic E-state index is 0.190. The summed E-state index contributed by atoms with van der Waals surface area (Å²) in [5.74, 6) is 0.0186. The van der Waals surface area contributed by atoms with Crippen LogP contribution in [-0.4, -0.2) is 66.7 Å². The van der Waals surface area contributed by atoms with Gasteiger partial charge in [0.05, 0.1) is 29.2 Å². The molecule has 12 heteroatoms. The summed E-state index contributed by atoms with van der Waals surface area (Å²) in [5, 5.41) is 15.0. The molecule has 1 saturated carbocycles. The minimum atomic E-state index is -0.647. The summed E-state index contributed by atoms with van der Waals surface area (Å²) in [6.07, 6.45) is 3.26. The first-order valence-electron chi connectivity index (χ1n) is 12.7. The number of carbonyl (C=O) groups excluding carboxylic acids is 3. The smallest absolute Gasteiger partial charge is 0.245 e. The Hall–Kier alpha value is -3.47. The zero-order chi connectivity index (χ0) is 26.1. The third-order valence-electron chi connectivity index (χ3n) is 6.91. The summed E-state index contributed by atoms with van der Waals surface area (Å²) >= 11 is 6.06. The fraction of sp³-hybridized carbons (Fsp3) is 0.520. The summed E-state index contributed by atoms with van der Waals surface area (Å²) < 4.78 is 1.84. The number of amides is 3. The van der Waals surface area contributed by atoms with E-state index in [0.29, 0.717) is 36.0 Å². The van der Waals surface area contributed by atoms with Gasteiger partial charge in [-0.25, -0.2) is 9.67 Å². The molecule has 2 aliphatic rings. The molecule has 3 amide bonds. The molecule has 1 aliphatic heterocycles. The first kappa shape index (κ1) is 25.2. The minimum Gasteiger partial charge on any atom is -0.355 e. The van der Waals surface area contributed by atoms with Crippen molar-refractivity contribution in [3.8, 4) is 0 Å². The number of carbonyl (C=O) groups is 3. The number of nitrogens with zero attached hydrogens (tertiary/aromatic N) is 5. The van der Waals surface area contributed by atoms with E-state index >= 15 is 0 Å². The summed E-state index contributed by atoms with van der Waals surface area (Å²) in [6, 6.07) is 4.81. The van der Waals surface area contributed by atoms with Gasteiger partial charge in [0.1, 0.15) is 17.6 Å². The highest BCUT2D eigenvalue weighted by Gasteiger charge is 2.39. The van der Waals surface area contributed by atoms with E-state index in [9.17, 15) is 14.4 Å². The Morgan fingerprint density at radius 2 is 2.08 bits per heavy atom. The predicted octanol–water partition coefficient (Wildman–Crippen LogP) is 1.92. The zero-order valence-electron chi connectivity index (χ0n) is 21.0. The highest BCUT2D eigenvalue weighted by Crippen LogP contribution is 2.34. The Morgan fingerprint density at radius 3 is 2.81 bits per heavy atom. The Morgan fingerprint density at radius 1 is 1.27 bits per heavy atom. The predicted molar refractivity (Wildman–Crippen MR) is 137 cm³/mol. The van der Waals surface area contributed by atoms with Crippen molar-refractivity contribution in [3.63, 3.8) is 0 Å². The van der Waals surface area contributed by atoms with Crippen molar-refractivity contribution in [2.75, 3.05) is 13.1 Å². The highest BCUT2D eigenvalue weighted by atomic mass is 35.5. The zero-order valence-corrected chi connectivity index (χ0v) is 21.7. The van der Waals surface area contributed by atoms with Crippen LogP contribution in [0.4, 0.5) is 0 Å². The standard InChI is InChI=1S/C25H31ClN8O3/c1-3-18(28-14(2)35)25(37)33-12-17(23-21(13-33)31-32-34(23)11-15-4-5-15)24(36)27-9-8-22-29-19-7-6-16(26)10-20(19)30-22/h6-7,10,15,17-18H,3-5,8-9,11-13H2,1-2H3,(H,27,36)(H,28,35)(H,29,30)/t17?,18-/m1/s1. The lowest BCUT2D eigenvalue weighted by Gasteiger charge is -2.34. The summed E-state index contributed by atoms with van der Waals surface area (Å²) in [4.78, 5) is 47.7. The third-order valence-corrected chi connectivity index (χ3v) is 7.15. The Labute approximate surface area is 219 Å². The maximum Gasteiger partial charge on any atom is 0.245 e. The monoisotopic (exact) mass is 526 g/mol. The molecule has 3 N–H and O–H groups in total. The second-order valence-corrected chi connectivity index (χ2v) is 10.3. The van der Waals surface area contributed by atoms with Gasteiger partial charge in [-0.1, -0.05) is 23.7 Å². The van der Waals surface area contributed by atoms with E-state index in [1.165, 1.54) is 6.92 Å². The molecule has 1 unspecified atom stereocenters. The van der Waals surface area contributed by atoms with E-state index in [2.05, 4.69) is 30.9 Å². The van der Waals surface area contributed by atoms with Crippen LogP contribution in [0.25, 0.3) is 11.0 Å². The number of hydrogen-bond acceptors (Lipinski definition) is 6. The molecule has 1 aliphatic carbocycles. The van der Waals surface area contributed by atoms with Crippen molar-refractivity contribution in [1.29, 1.82) is 0 Å². The van der Waals surface area contributed by atoms with E-state index < -0.39 is 12.0 Å². The summed E-state index contributed by atoms with van der Waals surface area (Å²) in [6.45, 7) is 4.80. The molecule has 37 heavy (non-hydrogen) atoms. The average Bonchev–Trinajstić information content (AvgIpc) is 3.46. The molecule has 0 bridgehead atoms. The van der Waals surface area contributed by atoms with Crippen molar-refractivity contribution in [2.24, 2.45) is 5.92 Å². The van der Waals surface area contributed by atoms with Gasteiger partial charge >= 0.3 is 0 Å². The molecule has 1 aromatic carbocycles. The van der Waals surface area contributed by atoms with Gasteiger partial charge in [-0.2, -0.15) is 0 Å². The van der Waals surface area contributed by atoms with Crippen molar-refractivity contribution in [1.82, 2.24) is 40.5 Å². The van der Waals surface area contributed by atoms with Gasteiger partial charge in [-0.15, -0.1) is 5.10 Å². The molecule has 3 heterocycles. The molecular weight excluding hydrogens is 496 g/mol. The fourth-order valence-electron chi connectivity index (χ4n) is 4.84. The van der Waals surface area contributed by atoms with Gasteiger partial charge in [-0.05, 0) is 43.4 Å². The summed E-state index contributed by atoms with van der Waals surface area (Å²) in [7, 11) is 0. The number of nitrogens with one attached hydrogen (secondary N) is 3. The van der Waals surface area contributed by atoms with Crippen LogP contribution in [0, 0.1) is 5.92 Å². The first-order valence-corrected chi connectivity index (χ1v) is 13.1. The average molecular weight is 527 g/mol. The van der Waals surface area contributed by atoms with Gasteiger partial charge in [0.2, 0.25) is 17.7 Å². The van der Waals surface area contributed by atoms with E-state index in [4.69, 9.17) is 11.6 Å². The van der Waals surface area contributed by atoms with Crippen LogP contribution in [0.15, 0.2) is 18.2 Å². The lowest BCUT2D eigenvalue weighted by Crippen LogP contribution is -2.51. The Balaban J connectivity index is 1.31. The van der Waals surface area contributed by atoms with Crippen molar-refractivity contribution < 1.29 is 14.4 Å². The SMILES string of the molecule is CC[C@@H](NC(C)=O)C(=O)N1Cc2nnn(CC3CC3)c2C(C(=O)NCCc2nc3ccc(Cl)cc3[nH]2)C1. The number of halogens is 1. The Kier molecular flexibility index (Phi) is 7.14. The van der Waals surface area contributed by atoms with E-state index in [0.717, 1.165) is 41.9 Å². The van der Waals surface area contributed by atoms with Gasteiger partial charge in [0.15, 0.2) is 0 Å². The van der Waals surface area contributed by atoms with E-state index in [1.54, 1.807) is 11.0 Å². The molecule has 196 valence electrons. The molecule has 1 fully saturated rings. The second kappa shape index (κ2) is 10.5. The molecule has 3 aromatic rings. The topological polar surface area (TPSA) is 138 Å². The van der Waals surface area contributed by atoms with Crippen LogP contribution in [0.3, 0.4) is 0 Å². The number of H-pyrrole nitrogens is 1. The normalized spacial score (nSPS) is 17.9. The van der Waals surface area contributed by atoms with E-state index in [1.807, 2.05) is 23.7 Å². The number of fused-ring (bicyclic) bond motifs is 2. The molecule has 5 rings (SSSR count). The first-order chi connectivity index (χ1) is 17.8.